The highest BCUT2D eigenvalue weighted by Crippen LogP contribution is 2.32. The fraction of sp³-hybridized carbons (Fsp3) is 0.464. The van der Waals surface area contributed by atoms with E-state index in [0.29, 0.717) is 30.2 Å². The molecule has 3 aliphatic heterocycles. The summed E-state index contributed by atoms with van der Waals surface area (Å²) in [5.41, 5.74) is 2.59. The first kappa shape index (κ1) is 24.3. The number of piperidine rings is 1. The van der Waals surface area contributed by atoms with Crippen LogP contribution < -0.4 is 15.4 Å². The van der Waals surface area contributed by atoms with Crippen molar-refractivity contribution in [1.82, 2.24) is 15.5 Å². The number of hydrogen-bond acceptors (Lipinski definition) is 6. The fourth-order valence-electron chi connectivity index (χ4n) is 5.34. The highest BCUT2D eigenvalue weighted by molar-refractivity contribution is 6.05. The van der Waals surface area contributed by atoms with E-state index in [1.807, 2.05) is 30.3 Å². The molecular weight excluding hydrogens is 458 g/mol. The quantitative estimate of drug-likeness (QED) is 0.567. The minimum absolute atomic E-state index is 0.145. The molecule has 3 N–H and O–H groups in total. The predicted octanol–water partition coefficient (Wildman–Crippen LogP) is 3.24. The van der Waals surface area contributed by atoms with Crippen LogP contribution in [-0.2, 0) is 16.1 Å². The van der Waals surface area contributed by atoms with E-state index in [-0.39, 0.29) is 30.2 Å². The molecule has 0 radical (unpaired) electrons. The highest BCUT2D eigenvalue weighted by Gasteiger charge is 2.39. The maximum absolute atomic E-state index is 12.6. The summed E-state index contributed by atoms with van der Waals surface area (Å²) in [6.45, 7) is 2.39. The summed E-state index contributed by atoms with van der Waals surface area (Å²) >= 11 is 0. The number of imide groups is 1. The third-order valence-corrected chi connectivity index (χ3v) is 7.51. The van der Waals surface area contributed by atoms with Crippen LogP contribution in [0.3, 0.4) is 0 Å². The van der Waals surface area contributed by atoms with E-state index in [4.69, 9.17) is 4.74 Å². The van der Waals surface area contributed by atoms with Gasteiger partial charge in [0, 0.05) is 37.5 Å². The summed E-state index contributed by atoms with van der Waals surface area (Å²) in [7, 11) is 0. The van der Waals surface area contributed by atoms with E-state index in [1.54, 1.807) is 17.0 Å². The number of benzene rings is 2. The van der Waals surface area contributed by atoms with Crippen molar-refractivity contribution in [3.63, 3.8) is 0 Å². The molecule has 1 atom stereocenters. The highest BCUT2D eigenvalue weighted by atomic mass is 16.5. The van der Waals surface area contributed by atoms with Gasteiger partial charge in [-0.05, 0) is 67.5 Å². The van der Waals surface area contributed by atoms with Crippen LogP contribution in [0.2, 0.25) is 0 Å². The summed E-state index contributed by atoms with van der Waals surface area (Å²) in [6.07, 6.45) is 6.77. The van der Waals surface area contributed by atoms with E-state index in [2.05, 4.69) is 10.6 Å². The Morgan fingerprint density at radius 3 is 2.42 bits per heavy atom. The molecule has 6 rings (SSSR count). The Labute approximate surface area is 211 Å². The Hall–Kier alpha value is -3.39. The number of fused-ring (bicyclic) bond motifs is 1. The van der Waals surface area contributed by atoms with Crippen molar-refractivity contribution in [2.24, 2.45) is 0 Å². The number of nitrogens with zero attached hydrogens (tertiary/aromatic N) is 1. The van der Waals surface area contributed by atoms with Crippen molar-refractivity contribution in [2.45, 2.75) is 69.6 Å². The van der Waals surface area contributed by atoms with Crippen molar-refractivity contribution < 1.29 is 24.2 Å². The lowest BCUT2D eigenvalue weighted by molar-refractivity contribution is -0.136. The second-order valence-corrected chi connectivity index (χ2v) is 10.0. The van der Waals surface area contributed by atoms with Crippen LogP contribution in [0.25, 0.3) is 0 Å². The number of nitrogens with one attached hydrogen (secondary N) is 2. The van der Waals surface area contributed by atoms with Gasteiger partial charge in [-0.2, -0.15) is 0 Å². The van der Waals surface area contributed by atoms with Gasteiger partial charge in [-0.1, -0.05) is 24.6 Å². The lowest BCUT2D eigenvalue weighted by atomic mass is 9.93. The van der Waals surface area contributed by atoms with Crippen molar-refractivity contribution in [3.05, 3.63) is 59.2 Å². The van der Waals surface area contributed by atoms with Crippen molar-refractivity contribution >= 4 is 17.7 Å². The third-order valence-electron chi connectivity index (χ3n) is 7.51. The van der Waals surface area contributed by atoms with E-state index in [1.165, 1.54) is 19.3 Å². The first-order chi connectivity index (χ1) is 17.5. The summed E-state index contributed by atoms with van der Waals surface area (Å²) in [6, 6.07) is 12.5. The topological polar surface area (TPSA) is 108 Å². The van der Waals surface area contributed by atoms with Crippen LogP contribution in [0.4, 0.5) is 0 Å². The summed E-state index contributed by atoms with van der Waals surface area (Å²) in [5.74, 6) is 0.956. The molecular formula is C28H33N3O5. The average molecular weight is 492 g/mol. The molecule has 8 nitrogen and oxygen atoms in total. The van der Waals surface area contributed by atoms with E-state index >= 15 is 0 Å². The van der Waals surface area contributed by atoms with Crippen molar-refractivity contribution in [3.8, 4) is 11.5 Å². The molecule has 3 heterocycles. The first-order valence-electron chi connectivity index (χ1n) is 12.9. The zero-order valence-electron chi connectivity index (χ0n) is 20.4. The number of phenolic OH excluding ortho intramolecular Hbond substituents is 1. The van der Waals surface area contributed by atoms with Crippen LogP contribution in [0.5, 0.6) is 11.5 Å². The molecule has 2 aromatic rings. The zero-order chi connectivity index (χ0) is 25.1. The molecule has 1 aliphatic carbocycles. The lowest BCUT2D eigenvalue weighted by Crippen LogP contribution is -2.52. The molecule has 3 amide bonds. The molecule has 2 aromatic carbocycles. The Bertz CT molecular complexity index is 1140. The largest absolute Gasteiger partial charge is 0.508 e. The lowest BCUT2D eigenvalue weighted by Gasteiger charge is -2.29. The Morgan fingerprint density at radius 1 is 0.944 bits per heavy atom. The van der Waals surface area contributed by atoms with Gasteiger partial charge in [0.25, 0.3) is 5.91 Å². The van der Waals surface area contributed by atoms with Crippen LogP contribution in [0.15, 0.2) is 42.5 Å². The van der Waals surface area contributed by atoms with Gasteiger partial charge in [0.1, 0.15) is 17.5 Å². The Balaban J connectivity index is 0.000000202. The van der Waals surface area contributed by atoms with Crippen molar-refractivity contribution in [2.75, 3.05) is 13.1 Å². The van der Waals surface area contributed by atoms with Crippen LogP contribution in [-0.4, -0.2) is 53.0 Å². The van der Waals surface area contributed by atoms with Gasteiger partial charge in [0.05, 0.1) is 6.10 Å². The summed E-state index contributed by atoms with van der Waals surface area (Å²) in [4.78, 5) is 37.6. The molecule has 0 bridgehead atoms. The molecule has 2 saturated heterocycles. The zero-order valence-corrected chi connectivity index (χ0v) is 20.4. The average Bonchev–Trinajstić information content (AvgIpc) is 3.16. The smallest absolute Gasteiger partial charge is 0.255 e. The molecule has 190 valence electrons. The van der Waals surface area contributed by atoms with Crippen LogP contribution in [0, 0.1) is 0 Å². The summed E-state index contributed by atoms with van der Waals surface area (Å²) < 4.78 is 6.08. The normalized spacial score (nSPS) is 22.3. The predicted molar refractivity (Wildman–Crippen MR) is 134 cm³/mol. The number of phenols is 1. The first-order valence-corrected chi connectivity index (χ1v) is 12.9. The van der Waals surface area contributed by atoms with Gasteiger partial charge >= 0.3 is 0 Å². The molecule has 3 fully saturated rings. The second-order valence-electron chi connectivity index (χ2n) is 10.0. The number of carbonyl (C=O) groups is 3. The number of amides is 3. The molecule has 0 aromatic heterocycles. The van der Waals surface area contributed by atoms with Crippen LogP contribution >= 0.6 is 0 Å². The maximum atomic E-state index is 12.6. The van der Waals surface area contributed by atoms with Gasteiger partial charge in [-0.3, -0.25) is 19.7 Å². The monoisotopic (exact) mass is 491 g/mol. The van der Waals surface area contributed by atoms with Crippen LogP contribution in [0.1, 0.15) is 72.3 Å². The Morgan fingerprint density at radius 2 is 1.72 bits per heavy atom. The minimum Gasteiger partial charge on any atom is -0.508 e. The second kappa shape index (κ2) is 10.7. The number of ether oxygens (including phenoxy) is 1. The van der Waals surface area contributed by atoms with Gasteiger partial charge < -0.3 is 20.1 Å². The molecule has 8 heteroatoms. The number of para-hydroxylation sites is 1. The minimum atomic E-state index is -0.569. The van der Waals surface area contributed by atoms with Gasteiger partial charge in [-0.15, -0.1) is 0 Å². The molecule has 4 aliphatic rings. The van der Waals surface area contributed by atoms with E-state index in [0.717, 1.165) is 42.8 Å². The standard InChI is InChI=1S/C19H22N2O4.C9H11NO/c22-17-9-8-16(18(23)20-17)21-11-12-10-14(6-7-15(12)19(21)24)25-13-4-2-1-3-5-13;11-9-4-2-1-3-8(9)7-5-10-6-7/h6-7,10,13,16H,1-5,8-9,11H2,(H,20,22,23);1-4,7,10-11H,5-6H2. The summed E-state index contributed by atoms with van der Waals surface area (Å²) in [5, 5.41) is 14.9. The fourth-order valence-corrected chi connectivity index (χ4v) is 5.34. The van der Waals surface area contributed by atoms with E-state index in [9.17, 15) is 19.5 Å². The number of rotatable bonds is 4. The number of hydrogen-bond donors (Lipinski definition) is 3. The Kier molecular flexibility index (Phi) is 7.23. The third kappa shape index (κ3) is 5.23. The maximum Gasteiger partial charge on any atom is 0.255 e. The SMILES string of the molecule is O=C1CCC(N2Cc3cc(OC4CCCCC4)ccc3C2=O)C(=O)N1.Oc1ccccc1C1CNC1. The van der Waals surface area contributed by atoms with Gasteiger partial charge in [0.15, 0.2) is 0 Å². The molecule has 1 unspecified atom stereocenters. The molecule has 36 heavy (non-hydrogen) atoms. The van der Waals surface area contributed by atoms with Gasteiger partial charge in [0.2, 0.25) is 11.8 Å². The number of aromatic hydroxyl groups is 1. The van der Waals surface area contributed by atoms with Gasteiger partial charge in [-0.25, -0.2) is 0 Å². The van der Waals surface area contributed by atoms with Crippen molar-refractivity contribution in [1.29, 1.82) is 0 Å². The molecule has 0 spiro atoms. The molecule has 1 saturated carbocycles. The van der Waals surface area contributed by atoms with E-state index < -0.39 is 6.04 Å². The number of carbonyl (C=O) groups excluding carboxylic acids is 3.